The number of furan rings is 1. The van der Waals surface area contributed by atoms with E-state index >= 15 is 0 Å². The van der Waals surface area contributed by atoms with Crippen LogP contribution in [0.5, 0.6) is 0 Å². The van der Waals surface area contributed by atoms with E-state index in [0.29, 0.717) is 22.8 Å². The molecule has 0 saturated heterocycles. The highest BCUT2D eigenvalue weighted by molar-refractivity contribution is 9.10. The highest BCUT2D eigenvalue weighted by Crippen LogP contribution is 2.17. The number of carbonyl (C=O) groups is 1. The number of methoxy groups -OCH3 is 1. The van der Waals surface area contributed by atoms with Crippen LogP contribution in [0.2, 0.25) is 0 Å². The lowest BCUT2D eigenvalue weighted by molar-refractivity contribution is 0.0865. The van der Waals surface area contributed by atoms with E-state index in [1.54, 1.807) is 13.2 Å². The monoisotopic (exact) mass is 289 g/mol. The first-order valence-electron chi connectivity index (χ1n) is 5.09. The van der Waals surface area contributed by atoms with Crippen molar-refractivity contribution in [1.29, 1.82) is 0 Å². The molecule has 0 fully saturated rings. The van der Waals surface area contributed by atoms with Gasteiger partial charge in [-0.25, -0.2) is 0 Å². The van der Waals surface area contributed by atoms with Crippen LogP contribution in [-0.2, 0) is 4.74 Å². The molecule has 1 heterocycles. The van der Waals surface area contributed by atoms with E-state index in [9.17, 15) is 4.79 Å². The molecule has 0 aliphatic heterocycles. The highest BCUT2D eigenvalue weighted by atomic mass is 79.9. The minimum atomic E-state index is -0.156. The number of amides is 1. The molecular weight excluding hydrogens is 274 g/mol. The zero-order valence-electron chi connectivity index (χ0n) is 9.62. The summed E-state index contributed by atoms with van der Waals surface area (Å²) in [5.74, 6) is 0.158. The summed E-state index contributed by atoms with van der Waals surface area (Å²) >= 11 is 3.17. The molecule has 1 atom stereocenters. The number of nitrogens with one attached hydrogen (secondary N) is 1. The summed E-state index contributed by atoms with van der Waals surface area (Å²) in [4.78, 5) is 11.9. The predicted octanol–water partition coefficient (Wildman–Crippen LogP) is 2.44. The molecule has 4 nitrogen and oxygen atoms in total. The maximum atomic E-state index is 11.9. The van der Waals surface area contributed by atoms with Crippen LogP contribution >= 0.6 is 15.9 Å². The number of rotatable bonds is 5. The van der Waals surface area contributed by atoms with Crippen LogP contribution < -0.4 is 5.32 Å². The molecule has 0 radical (unpaired) electrons. The Morgan fingerprint density at radius 2 is 2.31 bits per heavy atom. The van der Waals surface area contributed by atoms with Gasteiger partial charge in [0.1, 0.15) is 0 Å². The summed E-state index contributed by atoms with van der Waals surface area (Å²) < 4.78 is 10.5. The third kappa shape index (κ3) is 3.35. The van der Waals surface area contributed by atoms with Crippen molar-refractivity contribution in [2.75, 3.05) is 13.7 Å². The normalized spacial score (nSPS) is 12.8. The Bertz CT molecular complexity index is 349. The van der Waals surface area contributed by atoms with Gasteiger partial charge in [0.15, 0.2) is 4.67 Å². The van der Waals surface area contributed by atoms with Crippen LogP contribution in [0.4, 0.5) is 0 Å². The first-order valence-corrected chi connectivity index (χ1v) is 5.88. The summed E-state index contributed by atoms with van der Waals surface area (Å²) in [7, 11) is 1.62. The van der Waals surface area contributed by atoms with Crippen LogP contribution in [-0.4, -0.2) is 25.7 Å². The van der Waals surface area contributed by atoms with Gasteiger partial charge in [-0.1, -0.05) is 13.8 Å². The quantitative estimate of drug-likeness (QED) is 0.906. The van der Waals surface area contributed by atoms with Crippen molar-refractivity contribution in [2.24, 2.45) is 5.92 Å². The molecule has 0 saturated carbocycles. The number of hydrogen-bond donors (Lipinski definition) is 1. The zero-order chi connectivity index (χ0) is 12.1. The molecule has 0 bridgehead atoms. The van der Waals surface area contributed by atoms with Gasteiger partial charge in [0.05, 0.1) is 24.5 Å². The predicted molar refractivity (Wildman–Crippen MR) is 64.4 cm³/mol. The van der Waals surface area contributed by atoms with Crippen molar-refractivity contribution < 1.29 is 13.9 Å². The molecule has 0 spiro atoms. The molecule has 16 heavy (non-hydrogen) atoms. The zero-order valence-corrected chi connectivity index (χ0v) is 11.2. The minimum Gasteiger partial charge on any atom is -0.457 e. The topological polar surface area (TPSA) is 51.5 Å². The second-order valence-corrected chi connectivity index (χ2v) is 4.61. The van der Waals surface area contributed by atoms with Crippen molar-refractivity contribution in [1.82, 2.24) is 5.32 Å². The second-order valence-electron chi connectivity index (χ2n) is 3.89. The summed E-state index contributed by atoms with van der Waals surface area (Å²) in [5.41, 5.74) is 0.502. The van der Waals surface area contributed by atoms with Crippen LogP contribution in [0.25, 0.3) is 0 Å². The van der Waals surface area contributed by atoms with Crippen LogP contribution in [0.3, 0.4) is 0 Å². The van der Waals surface area contributed by atoms with Gasteiger partial charge in [-0.3, -0.25) is 4.79 Å². The molecule has 90 valence electrons. The van der Waals surface area contributed by atoms with E-state index in [1.807, 2.05) is 13.8 Å². The fourth-order valence-electron chi connectivity index (χ4n) is 1.28. The average molecular weight is 290 g/mol. The van der Waals surface area contributed by atoms with E-state index in [4.69, 9.17) is 9.15 Å². The molecule has 1 unspecified atom stereocenters. The first-order chi connectivity index (χ1) is 7.56. The standard InChI is InChI=1S/C11H16BrNO3/c1-7(2)9(6-15-3)13-11(14)8-4-5-16-10(8)12/h4-5,7,9H,6H2,1-3H3,(H,13,14). The molecular formula is C11H16BrNO3. The van der Waals surface area contributed by atoms with Gasteiger partial charge >= 0.3 is 0 Å². The molecule has 0 aliphatic carbocycles. The minimum absolute atomic E-state index is 0.000648. The Balaban J connectivity index is 2.65. The van der Waals surface area contributed by atoms with Crippen LogP contribution in [0, 0.1) is 5.92 Å². The lowest BCUT2D eigenvalue weighted by Crippen LogP contribution is -2.41. The van der Waals surface area contributed by atoms with E-state index in [1.165, 1.54) is 6.26 Å². The van der Waals surface area contributed by atoms with E-state index in [-0.39, 0.29) is 11.9 Å². The molecule has 1 rings (SSSR count). The van der Waals surface area contributed by atoms with Crippen molar-refractivity contribution in [2.45, 2.75) is 19.9 Å². The molecule has 1 aromatic rings. The van der Waals surface area contributed by atoms with E-state index in [0.717, 1.165) is 0 Å². The van der Waals surface area contributed by atoms with Gasteiger partial charge in [-0.05, 0) is 27.9 Å². The number of hydrogen-bond acceptors (Lipinski definition) is 3. The third-order valence-electron chi connectivity index (χ3n) is 2.33. The molecule has 1 amide bonds. The number of carbonyl (C=O) groups excluding carboxylic acids is 1. The Morgan fingerprint density at radius 1 is 1.62 bits per heavy atom. The van der Waals surface area contributed by atoms with Crippen molar-refractivity contribution in [3.05, 3.63) is 22.6 Å². The highest BCUT2D eigenvalue weighted by Gasteiger charge is 2.19. The van der Waals surface area contributed by atoms with Crippen molar-refractivity contribution >= 4 is 21.8 Å². The largest absolute Gasteiger partial charge is 0.457 e. The molecule has 0 aliphatic rings. The van der Waals surface area contributed by atoms with E-state index in [2.05, 4.69) is 21.2 Å². The Kier molecular flexibility index (Phi) is 5.02. The summed E-state index contributed by atoms with van der Waals surface area (Å²) in [5, 5.41) is 2.91. The lowest BCUT2D eigenvalue weighted by Gasteiger charge is -2.21. The SMILES string of the molecule is COCC(NC(=O)c1ccoc1Br)C(C)C. The first kappa shape index (κ1) is 13.3. The summed E-state index contributed by atoms with van der Waals surface area (Å²) in [6.45, 7) is 4.57. The van der Waals surface area contributed by atoms with Gasteiger partial charge in [0, 0.05) is 7.11 Å². The van der Waals surface area contributed by atoms with Crippen LogP contribution in [0.15, 0.2) is 21.4 Å². The lowest BCUT2D eigenvalue weighted by atomic mass is 10.1. The second kappa shape index (κ2) is 6.06. The Morgan fingerprint density at radius 3 is 2.75 bits per heavy atom. The molecule has 1 aromatic heterocycles. The van der Waals surface area contributed by atoms with Crippen molar-refractivity contribution in [3.8, 4) is 0 Å². The Hall–Kier alpha value is -0.810. The van der Waals surface area contributed by atoms with Gasteiger partial charge < -0.3 is 14.5 Å². The Labute approximate surface area is 103 Å². The number of ether oxygens (including phenoxy) is 1. The van der Waals surface area contributed by atoms with Gasteiger partial charge in [-0.15, -0.1) is 0 Å². The van der Waals surface area contributed by atoms with Crippen LogP contribution in [0.1, 0.15) is 24.2 Å². The summed E-state index contributed by atoms with van der Waals surface area (Å²) in [6, 6.07) is 1.63. The van der Waals surface area contributed by atoms with Gasteiger partial charge in [-0.2, -0.15) is 0 Å². The fraction of sp³-hybridized carbons (Fsp3) is 0.545. The smallest absolute Gasteiger partial charge is 0.256 e. The van der Waals surface area contributed by atoms with Crippen molar-refractivity contribution in [3.63, 3.8) is 0 Å². The fourth-order valence-corrected chi connectivity index (χ4v) is 1.70. The number of halogens is 1. The van der Waals surface area contributed by atoms with Gasteiger partial charge in [0.2, 0.25) is 0 Å². The third-order valence-corrected chi connectivity index (χ3v) is 2.94. The molecule has 5 heteroatoms. The van der Waals surface area contributed by atoms with Gasteiger partial charge in [0.25, 0.3) is 5.91 Å². The van der Waals surface area contributed by atoms with E-state index < -0.39 is 0 Å². The molecule has 0 aromatic carbocycles. The maximum Gasteiger partial charge on any atom is 0.256 e. The maximum absolute atomic E-state index is 11.9. The average Bonchev–Trinajstić information content (AvgIpc) is 2.63. The summed E-state index contributed by atoms with van der Waals surface area (Å²) in [6.07, 6.45) is 1.47. The molecule has 1 N–H and O–H groups in total.